The van der Waals surface area contributed by atoms with Crippen molar-refractivity contribution in [2.75, 3.05) is 33.3 Å². The Morgan fingerprint density at radius 3 is 1.83 bits per heavy atom. The van der Waals surface area contributed by atoms with Gasteiger partial charge in [-0.15, -0.1) is 0 Å². The number of rotatable bonds is 4. The fourth-order valence-corrected chi connectivity index (χ4v) is 1.43. The van der Waals surface area contributed by atoms with Gasteiger partial charge in [-0.25, -0.2) is 9.18 Å². The standard InChI is InChI=1S/C7H18N.C5H7FO4/c1-5-8(4,6-2)7-3;6-3-4(8)2(1-7)10-5(3)9/h5-7H2,1-4H3;2-4,7-8H,1H2/q+1;. The Kier molecular flexibility index (Phi) is 7.35. The summed E-state index contributed by atoms with van der Waals surface area (Å²) < 4.78 is 17.7. The minimum atomic E-state index is -2.00. The van der Waals surface area contributed by atoms with E-state index in [2.05, 4.69) is 32.6 Å². The summed E-state index contributed by atoms with van der Waals surface area (Å²) in [6, 6.07) is 0. The maximum Gasteiger partial charge on any atom is 0.344 e. The van der Waals surface area contributed by atoms with E-state index in [1.54, 1.807) is 0 Å². The molecule has 0 radical (unpaired) electrons. The molecule has 0 bridgehead atoms. The maximum atomic E-state index is 12.3. The number of alkyl halides is 1. The van der Waals surface area contributed by atoms with E-state index in [-0.39, 0.29) is 0 Å². The van der Waals surface area contributed by atoms with E-state index in [9.17, 15) is 9.18 Å². The molecule has 1 fully saturated rings. The zero-order chi connectivity index (χ0) is 14.3. The molecule has 3 atom stereocenters. The quantitative estimate of drug-likeness (QED) is 0.559. The number of ether oxygens (including phenoxy) is 1. The number of nitrogens with zero attached hydrogens (tertiary/aromatic N) is 1. The molecule has 5 nitrogen and oxygen atoms in total. The van der Waals surface area contributed by atoms with Gasteiger partial charge in [0.05, 0.1) is 33.3 Å². The number of hydrogen-bond donors (Lipinski definition) is 2. The van der Waals surface area contributed by atoms with Crippen LogP contribution in [0.4, 0.5) is 4.39 Å². The molecular weight excluding hydrogens is 241 g/mol. The summed E-state index contributed by atoms with van der Waals surface area (Å²) in [5.74, 6) is -1.11. The van der Waals surface area contributed by atoms with E-state index in [0.717, 1.165) is 0 Å². The third-order valence-electron chi connectivity index (χ3n) is 3.64. The molecular formula is C12H25FNO4+. The van der Waals surface area contributed by atoms with Crippen molar-refractivity contribution in [1.29, 1.82) is 0 Å². The summed E-state index contributed by atoms with van der Waals surface area (Å²) in [6.07, 6.45) is -4.61. The van der Waals surface area contributed by atoms with Crippen LogP contribution in [-0.4, -0.2) is 72.3 Å². The number of quaternary nitrogens is 1. The van der Waals surface area contributed by atoms with E-state index in [1.807, 2.05) is 0 Å². The fraction of sp³-hybridized carbons (Fsp3) is 0.917. The zero-order valence-corrected chi connectivity index (χ0v) is 11.6. The first-order valence-corrected chi connectivity index (χ1v) is 6.32. The van der Waals surface area contributed by atoms with Crippen LogP contribution in [0, 0.1) is 0 Å². The summed E-state index contributed by atoms with van der Waals surface area (Å²) in [5.41, 5.74) is 0. The van der Waals surface area contributed by atoms with E-state index in [0.29, 0.717) is 0 Å². The van der Waals surface area contributed by atoms with Crippen LogP contribution in [0.3, 0.4) is 0 Å². The van der Waals surface area contributed by atoms with Crippen molar-refractivity contribution in [3.05, 3.63) is 0 Å². The Morgan fingerprint density at radius 1 is 1.28 bits per heavy atom. The largest absolute Gasteiger partial charge is 0.455 e. The molecule has 3 unspecified atom stereocenters. The molecule has 2 N–H and O–H groups in total. The van der Waals surface area contributed by atoms with Crippen LogP contribution in [0.1, 0.15) is 20.8 Å². The number of carbonyl (C=O) groups is 1. The highest BCUT2D eigenvalue weighted by Gasteiger charge is 2.43. The summed E-state index contributed by atoms with van der Waals surface area (Å²) in [5, 5.41) is 17.1. The molecule has 0 saturated carbocycles. The van der Waals surface area contributed by atoms with Crippen LogP contribution in [0.25, 0.3) is 0 Å². The molecule has 6 heteroatoms. The molecule has 0 aromatic carbocycles. The molecule has 0 aromatic rings. The molecule has 1 aliphatic rings. The smallest absolute Gasteiger partial charge is 0.344 e. The predicted octanol–water partition coefficient (Wildman–Crippen LogP) is 0.0958. The molecule has 0 spiro atoms. The molecule has 1 saturated heterocycles. The van der Waals surface area contributed by atoms with Crippen molar-refractivity contribution in [2.45, 2.75) is 39.2 Å². The van der Waals surface area contributed by atoms with E-state index in [4.69, 9.17) is 10.2 Å². The van der Waals surface area contributed by atoms with Gasteiger partial charge in [-0.05, 0) is 20.8 Å². The minimum absolute atomic E-state index is 0.548. The molecule has 108 valence electrons. The Balaban J connectivity index is 0.000000331. The fourth-order valence-electron chi connectivity index (χ4n) is 1.43. The van der Waals surface area contributed by atoms with Gasteiger partial charge < -0.3 is 19.4 Å². The molecule has 0 amide bonds. The number of halogens is 1. The van der Waals surface area contributed by atoms with E-state index < -0.39 is 31.0 Å². The summed E-state index contributed by atoms with van der Waals surface area (Å²) >= 11 is 0. The molecule has 18 heavy (non-hydrogen) atoms. The number of hydrogen-bond acceptors (Lipinski definition) is 4. The van der Waals surface area contributed by atoms with Crippen molar-refractivity contribution < 1.29 is 28.6 Å². The highest BCUT2D eigenvalue weighted by molar-refractivity contribution is 5.77. The first-order valence-electron chi connectivity index (χ1n) is 6.32. The van der Waals surface area contributed by atoms with Crippen LogP contribution < -0.4 is 0 Å². The van der Waals surface area contributed by atoms with Crippen LogP contribution in [-0.2, 0) is 9.53 Å². The van der Waals surface area contributed by atoms with E-state index in [1.165, 1.54) is 24.1 Å². The topological polar surface area (TPSA) is 66.8 Å². The van der Waals surface area contributed by atoms with Gasteiger partial charge in [0.2, 0.25) is 6.17 Å². The van der Waals surface area contributed by atoms with Gasteiger partial charge in [0.1, 0.15) is 6.10 Å². The SMILES string of the molecule is CC[N+](C)(CC)CC.O=C1OC(CO)C(O)C1F. The average Bonchev–Trinajstić information content (AvgIpc) is 2.65. The molecule has 1 aliphatic heterocycles. The van der Waals surface area contributed by atoms with Gasteiger partial charge in [0, 0.05) is 0 Å². The summed E-state index contributed by atoms with van der Waals surface area (Å²) in [6.45, 7) is 9.95. The van der Waals surface area contributed by atoms with Crippen molar-refractivity contribution >= 4 is 5.97 Å². The van der Waals surface area contributed by atoms with Crippen LogP contribution in [0.5, 0.6) is 0 Å². The molecule has 1 heterocycles. The second-order valence-electron chi connectivity index (χ2n) is 4.62. The number of aliphatic hydroxyl groups excluding tert-OH is 2. The van der Waals surface area contributed by atoms with Crippen LogP contribution in [0.15, 0.2) is 0 Å². The van der Waals surface area contributed by atoms with Gasteiger partial charge in [0.15, 0.2) is 6.10 Å². The van der Waals surface area contributed by atoms with Crippen molar-refractivity contribution in [3.8, 4) is 0 Å². The zero-order valence-electron chi connectivity index (χ0n) is 11.6. The Labute approximate surface area is 108 Å². The number of cyclic esters (lactones) is 1. The lowest BCUT2D eigenvalue weighted by atomic mass is 10.2. The Bertz CT molecular complexity index is 250. The Morgan fingerprint density at radius 2 is 1.72 bits per heavy atom. The van der Waals surface area contributed by atoms with Crippen LogP contribution >= 0.6 is 0 Å². The first kappa shape index (κ1) is 17.3. The highest BCUT2D eigenvalue weighted by Crippen LogP contribution is 2.17. The number of carbonyl (C=O) groups excluding carboxylic acids is 1. The lowest BCUT2D eigenvalue weighted by Crippen LogP contribution is -2.42. The lowest BCUT2D eigenvalue weighted by molar-refractivity contribution is -0.904. The monoisotopic (exact) mass is 266 g/mol. The third-order valence-corrected chi connectivity index (χ3v) is 3.64. The van der Waals surface area contributed by atoms with Gasteiger partial charge in [-0.1, -0.05) is 0 Å². The summed E-state index contributed by atoms with van der Waals surface area (Å²) in [7, 11) is 2.29. The number of aliphatic hydroxyl groups is 2. The average molecular weight is 266 g/mol. The lowest BCUT2D eigenvalue weighted by Gasteiger charge is -2.30. The van der Waals surface area contributed by atoms with Crippen molar-refractivity contribution in [3.63, 3.8) is 0 Å². The van der Waals surface area contributed by atoms with Gasteiger partial charge in [-0.3, -0.25) is 0 Å². The highest BCUT2D eigenvalue weighted by atomic mass is 19.1. The first-order chi connectivity index (χ1) is 8.35. The van der Waals surface area contributed by atoms with Crippen molar-refractivity contribution in [2.24, 2.45) is 0 Å². The number of esters is 1. The molecule has 0 aromatic heterocycles. The summed E-state index contributed by atoms with van der Waals surface area (Å²) in [4.78, 5) is 10.3. The predicted molar refractivity (Wildman–Crippen MR) is 65.7 cm³/mol. The van der Waals surface area contributed by atoms with Crippen LogP contribution in [0.2, 0.25) is 0 Å². The molecule has 0 aliphatic carbocycles. The minimum Gasteiger partial charge on any atom is -0.455 e. The maximum absolute atomic E-state index is 12.3. The van der Waals surface area contributed by atoms with E-state index >= 15 is 0 Å². The molecule has 1 rings (SSSR count). The van der Waals surface area contributed by atoms with Gasteiger partial charge in [-0.2, -0.15) is 0 Å². The third kappa shape index (κ3) is 4.51. The Hall–Kier alpha value is -0.720. The van der Waals surface area contributed by atoms with Gasteiger partial charge >= 0.3 is 5.97 Å². The normalized spacial score (nSPS) is 27.5. The van der Waals surface area contributed by atoms with Gasteiger partial charge in [0.25, 0.3) is 0 Å². The second kappa shape index (κ2) is 7.66. The van der Waals surface area contributed by atoms with Crippen molar-refractivity contribution in [1.82, 2.24) is 0 Å². The second-order valence-corrected chi connectivity index (χ2v) is 4.62.